The minimum absolute atomic E-state index is 0.184. The maximum Gasteiger partial charge on any atom is 0.269 e. The number of carbonyl (C=O) groups excluding carboxylic acids is 1. The highest BCUT2D eigenvalue weighted by Crippen LogP contribution is 2.38. The molecule has 2 atom stereocenters. The van der Waals surface area contributed by atoms with Crippen LogP contribution in [0.3, 0.4) is 0 Å². The van der Waals surface area contributed by atoms with Crippen LogP contribution in [0, 0.1) is 11.8 Å². The molecule has 0 radical (unpaired) electrons. The first-order valence-electron chi connectivity index (χ1n) is 10.9. The Balaban J connectivity index is 1.45. The molecule has 1 aromatic heterocycles. The van der Waals surface area contributed by atoms with E-state index in [1.54, 1.807) is 26.4 Å². The fraction of sp³-hybridized carbons (Fsp3) is 0.391. The van der Waals surface area contributed by atoms with Gasteiger partial charge in [-0.15, -0.1) is 0 Å². The second kappa shape index (κ2) is 9.77. The quantitative estimate of drug-likeness (QED) is 0.472. The molecule has 1 aliphatic rings. The van der Waals surface area contributed by atoms with E-state index < -0.39 is 15.9 Å². The van der Waals surface area contributed by atoms with Crippen LogP contribution in [0.2, 0.25) is 0 Å². The molecule has 2 N–H and O–H groups in total. The number of methoxy groups -OCH3 is 2. The number of thiazole rings is 1. The van der Waals surface area contributed by atoms with Gasteiger partial charge in [0, 0.05) is 18.7 Å². The van der Waals surface area contributed by atoms with Crippen LogP contribution in [0.5, 0.6) is 11.5 Å². The van der Waals surface area contributed by atoms with E-state index in [4.69, 9.17) is 9.47 Å². The summed E-state index contributed by atoms with van der Waals surface area (Å²) in [6, 6.07) is 9.52. The number of hydrazine groups is 1. The zero-order valence-corrected chi connectivity index (χ0v) is 21.1. The summed E-state index contributed by atoms with van der Waals surface area (Å²) in [7, 11) is -0.463. The van der Waals surface area contributed by atoms with Crippen LogP contribution < -0.4 is 20.3 Å². The number of fused-ring (bicyclic) bond motifs is 1. The molecule has 0 bridgehead atoms. The van der Waals surface area contributed by atoms with E-state index in [1.165, 1.54) is 39.9 Å². The first kappa shape index (κ1) is 24.2. The molecule has 1 amide bonds. The molecule has 34 heavy (non-hydrogen) atoms. The largest absolute Gasteiger partial charge is 0.495 e. The Morgan fingerprint density at radius 1 is 1.03 bits per heavy atom. The molecule has 2 unspecified atom stereocenters. The monoisotopic (exact) mass is 504 g/mol. The van der Waals surface area contributed by atoms with Crippen LogP contribution in [-0.4, -0.2) is 50.9 Å². The van der Waals surface area contributed by atoms with E-state index in [-0.39, 0.29) is 4.90 Å². The van der Waals surface area contributed by atoms with Gasteiger partial charge in [0.25, 0.3) is 5.91 Å². The van der Waals surface area contributed by atoms with Crippen molar-refractivity contribution in [2.75, 3.05) is 32.7 Å². The molecule has 2 heterocycles. The van der Waals surface area contributed by atoms with Crippen molar-refractivity contribution in [3.05, 3.63) is 42.0 Å². The zero-order valence-electron chi connectivity index (χ0n) is 19.5. The smallest absolute Gasteiger partial charge is 0.269 e. The van der Waals surface area contributed by atoms with Gasteiger partial charge in [-0.3, -0.25) is 15.6 Å². The van der Waals surface area contributed by atoms with Crippen LogP contribution in [0.15, 0.2) is 41.3 Å². The number of piperidine rings is 1. The molecule has 1 fully saturated rings. The molecular weight excluding hydrogens is 476 g/mol. The number of anilines is 1. The molecule has 2 aromatic carbocycles. The molecule has 1 saturated heterocycles. The molecule has 0 aliphatic carbocycles. The number of amides is 1. The highest BCUT2D eigenvalue weighted by atomic mass is 32.2. The lowest BCUT2D eigenvalue weighted by atomic mass is 9.94. The Bertz CT molecular complexity index is 1240. The van der Waals surface area contributed by atoms with Crippen molar-refractivity contribution in [1.82, 2.24) is 14.7 Å². The summed E-state index contributed by atoms with van der Waals surface area (Å²) in [6.45, 7) is 5.15. The topological polar surface area (TPSA) is 110 Å². The summed E-state index contributed by atoms with van der Waals surface area (Å²) in [4.78, 5) is 17.3. The first-order valence-corrected chi connectivity index (χ1v) is 13.2. The summed E-state index contributed by atoms with van der Waals surface area (Å²) in [5.41, 5.74) is 6.36. The van der Waals surface area contributed by atoms with Crippen LogP contribution in [0.25, 0.3) is 10.2 Å². The average Bonchev–Trinajstić information content (AvgIpc) is 3.25. The van der Waals surface area contributed by atoms with Gasteiger partial charge in [-0.05, 0) is 54.7 Å². The lowest BCUT2D eigenvalue weighted by Gasteiger charge is -2.34. The molecule has 182 valence electrons. The number of sulfonamides is 1. The van der Waals surface area contributed by atoms with Gasteiger partial charge in [0.2, 0.25) is 15.2 Å². The van der Waals surface area contributed by atoms with E-state index in [0.29, 0.717) is 52.6 Å². The van der Waals surface area contributed by atoms with Crippen LogP contribution in [0.4, 0.5) is 5.13 Å². The molecule has 11 heteroatoms. The van der Waals surface area contributed by atoms with E-state index in [9.17, 15) is 13.2 Å². The molecule has 3 aromatic rings. The molecule has 1 aliphatic heterocycles. The van der Waals surface area contributed by atoms with Crippen molar-refractivity contribution in [2.24, 2.45) is 11.8 Å². The Hall–Kier alpha value is -2.89. The maximum atomic E-state index is 13.0. The van der Waals surface area contributed by atoms with Gasteiger partial charge in [-0.2, -0.15) is 4.31 Å². The Morgan fingerprint density at radius 2 is 1.65 bits per heavy atom. The van der Waals surface area contributed by atoms with E-state index >= 15 is 0 Å². The first-order chi connectivity index (χ1) is 16.2. The fourth-order valence-corrected chi connectivity index (χ4v) is 6.86. The van der Waals surface area contributed by atoms with Crippen molar-refractivity contribution in [3.63, 3.8) is 0 Å². The van der Waals surface area contributed by atoms with Gasteiger partial charge >= 0.3 is 0 Å². The van der Waals surface area contributed by atoms with Gasteiger partial charge in [0.15, 0.2) is 0 Å². The van der Waals surface area contributed by atoms with Crippen molar-refractivity contribution < 1.29 is 22.7 Å². The second-order valence-corrected chi connectivity index (χ2v) is 11.5. The fourth-order valence-electron chi connectivity index (χ4n) is 4.25. The van der Waals surface area contributed by atoms with Gasteiger partial charge in [-0.25, -0.2) is 13.4 Å². The van der Waals surface area contributed by atoms with E-state index in [1.807, 2.05) is 0 Å². The number of ether oxygens (including phenoxy) is 2. The number of aromatic nitrogens is 1. The standard InChI is InChI=1S/C23H28N4O5S2/c1-14-11-15(2)13-27(12-14)34(29,30)17-7-5-16(6-8-17)22(28)25-26-23-24-20-18(31-3)9-10-19(32-4)21(20)33-23/h5-10,14-15H,11-13H2,1-4H3,(H,24,26)(H,25,28). The number of hydrogen-bond acceptors (Lipinski definition) is 8. The Kier molecular flexibility index (Phi) is 6.96. The van der Waals surface area contributed by atoms with Crippen LogP contribution >= 0.6 is 11.3 Å². The Morgan fingerprint density at radius 3 is 2.26 bits per heavy atom. The number of benzene rings is 2. The minimum Gasteiger partial charge on any atom is -0.495 e. The minimum atomic E-state index is -3.60. The van der Waals surface area contributed by atoms with Gasteiger partial charge < -0.3 is 9.47 Å². The summed E-state index contributed by atoms with van der Waals surface area (Å²) in [6.07, 6.45) is 1.02. The second-order valence-electron chi connectivity index (χ2n) is 8.54. The van der Waals surface area contributed by atoms with Crippen LogP contribution in [-0.2, 0) is 10.0 Å². The molecule has 0 spiro atoms. The normalized spacial score (nSPS) is 19.1. The van der Waals surface area contributed by atoms with Crippen molar-refractivity contribution >= 4 is 42.6 Å². The molecule has 4 rings (SSSR count). The highest BCUT2D eigenvalue weighted by Gasteiger charge is 2.31. The van der Waals surface area contributed by atoms with Crippen molar-refractivity contribution in [1.29, 1.82) is 0 Å². The van der Waals surface area contributed by atoms with Gasteiger partial charge in [-0.1, -0.05) is 25.2 Å². The van der Waals surface area contributed by atoms with Crippen molar-refractivity contribution in [2.45, 2.75) is 25.2 Å². The third-order valence-corrected chi connectivity index (χ3v) is 8.61. The maximum absolute atomic E-state index is 13.0. The summed E-state index contributed by atoms with van der Waals surface area (Å²) in [5, 5.41) is 0.457. The number of nitrogens with zero attached hydrogens (tertiary/aromatic N) is 2. The van der Waals surface area contributed by atoms with Gasteiger partial charge in [0.1, 0.15) is 21.7 Å². The van der Waals surface area contributed by atoms with Crippen molar-refractivity contribution in [3.8, 4) is 11.5 Å². The lowest BCUT2D eigenvalue weighted by molar-refractivity contribution is 0.0962. The third kappa shape index (κ3) is 4.82. The SMILES string of the molecule is COc1ccc(OC)c2sc(NNC(=O)c3ccc(S(=O)(=O)N4CC(C)CC(C)C4)cc3)nc12. The predicted octanol–water partition coefficient (Wildman–Crippen LogP) is 3.74. The molecular formula is C23H28N4O5S2. The summed E-state index contributed by atoms with van der Waals surface area (Å²) >= 11 is 1.31. The third-order valence-electron chi connectivity index (χ3n) is 5.78. The number of carbonyl (C=O) groups is 1. The van der Waals surface area contributed by atoms with E-state index in [2.05, 4.69) is 29.7 Å². The predicted molar refractivity (Wildman–Crippen MR) is 132 cm³/mol. The average molecular weight is 505 g/mol. The lowest BCUT2D eigenvalue weighted by Crippen LogP contribution is -2.42. The number of nitrogens with one attached hydrogen (secondary N) is 2. The van der Waals surface area contributed by atoms with E-state index in [0.717, 1.165) is 11.1 Å². The highest BCUT2D eigenvalue weighted by molar-refractivity contribution is 7.89. The number of rotatable bonds is 7. The molecule has 0 saturated carbocycles. The van der Waals surface area contributed by atoms with Gasteiger partial charge in [0.05, 0.1) is 19.1 Å². The summed E-state index contributed by atoms with van der Waals surface area (Å²) in [5.74, 6) is 1.47. The van der Waals surface area contributed by atoms with Crippen LogP contribution in [0.1, 0.15) is 30.6 Å². The molecule has 9 nitrogen and oxygen atoms in total. The zero-order chi connectivity index (χ0) is 24.5. The Labute approximate surface area is 203 Å². The number of hydrogen-bond donors (Lipinski definition) is 2. The summed E-state index contributed by atoms with van der Waals surface area (Å²) < 4.78 is 39.1.